The Hall–Kier alpha value is -2.01. The van der Waals surface area contributed by atoms with Crippen molar-refractivity contribution in [1.29, 1.82) is 0 Å². The molecule has 1 fully saturated rings. The molecule has 1 aliphatic carbocycles. The fourth-order valence-electron chi connectivity index (χ4n) is 3.22. The predicted molar refractivity (Wildman–Crippen MR) is 96.8 cm³/mol. The molecule has 0 aliphatic heterocycles. The molecule has 1 aromatic heterocycles. The summed E-state index contributed by atoms with van der Waals surface area (Å²) in [4.78, 5) is 11.6. The van der Waals surface area contributed by atoms with Gasteiger partial charge in [-0.3, -0.25) is 4.79 Å². The van der Waals surface area contributed by atoms with Gasteiger partial charge >= 0.3 is 5.97 Å². The highest BCUT2D eigenvalue weighted by Gasteiger charge is 2.21. The van der Waals surface area contributed by atoms with Crippen LogP contribution in [0.25, 0.3) is 5.69 Å². The van der Waals surface area contributed by atoms with E-state index < -0.39 is 0 Å². The monoisotopic (exact) mass is 349 g/mol. The van der Waals surface area contributed by atoms with E-state index in [4.69, 9.17) is 15.6 Å². The Bertz CT molecular complexity index is 693. The van der Waals surface area contributed by atoms with Crippen LogP contribution in [0.1, 0.15) is 49.8 Å². The van der Waals surface area contributed by atoms with E-state index >= 15 is 0 Å². The smallest absolute Gasteiger partial charge is 0.310 e. The molecule has 0 unspecified atom stereocenters. The number of rotatable bonds is 5. The highest BCUT2D eigenvalue weighted by molar-refractivity contribution is 5.85. The van der Waals surface area contributed by atoms with Gasteiger partial charge in [-0.25, -0.2) is 4.68 Å². The Morgan fingerprint density at radius 2 is 2.08 bits per heavy atom. The summed E-state index contributed by atoms with van der Waals surface area (Å²) in [6, 6.07) is 9.71. The second-order valence-corrected chi connectivity index (χ2v) is 6.04. The van der Waals surface area contributed by atoms with E-state index in [2.05, 4.69) is 0 Å². The van der Waals surface area contributed by atoms with Crippen molar-refractivity contribution in [3.8, 4) is 5.69 Å². The first-order valence-electron chi connectivity index (χ1n) is 8.27. The van der Waals surface area contributed by atoms with Gasteiger partial charge in [0.05, 0.1) is 24.4 Å². The van der Waals surface area contributed by atoms with Crippen LogP contribution in [0.4, 0.5) is 5.82 Å². The molecule has 1 saturated carbocycles. The Morgan fingerprint density at radius 1 is 1.33 bits per heavy atom. The van der Waals surface area contributed by atoms with E-state index in [0.717, 1.165) is 16.9 Å². The van der Waals surface area contributed by atoms with Gasteiger partial charge in [-0.05, 0) is 37.5 Å². The first kappa shape index (κ1) is 18.3. The normalized spacial score (nSPS) is 14.4. The molecule has 2 N–H and O–H groups in total. The minimum absolute atomic E-state index is 0. The molecule has 2 aromatic rings. The van der Waals surface area contributed by atoms with Gasteiger partial charge in [0.25, 0.3) is 0 Å². The quantitative estimate of drug-likeness (QED) is 0.836. The van der Waals surface area contributed by atoms with Gasteiger partial charge in [0.1, 0.15) is 5.82 Å². The molecule has 0 spiro atoms. The third kappa shape index (κ3) is 4.09. The lowest BCUT2D eigenvalue weighted by Gasteiger charge is -2.08. The van der Waals surface area contributed by atoms with E-state index in [-0.39, 0.29) is 24.8 Å². The Balaban J connectivity index is 0.00000208. The third-order valence-electron chi connectivity index (χ3n) is 4.34. The fraction of sp³-hybridized carbons (Fsp3) is 0.444. The molecule has 1 aromatic carbocycles. The number of halogens is 1. The number of ether oxygens (including phenoxy) is 1. The molecule has 0 saturated heterocycles. The number of esters is 1. The van der Waals surface area contributed by atoms with Crippen molar-refractivity contribution in [3.63, 3.8) is 0 Å². The van der Waals surface area contributed by atoms with Crippen LogP contribution >= 0.6 is 12.4 Å². The summed E-state index contributed by atoms with van der Waals surface area (Å²) in [5.74, 6) is 0.950. The minimum Gasteiger partial charge on any atom is -0.466 e. The number of nitrogens with two attached hydrogens (primary N) is 1. The second-order valence-electron chi connectivity index (χ2n) is 6.04. The molecule has 6 heteroatoms. The highest BCUT2D eigenvalue weighted by Crippen LogP contribution is 2.34. The first-order chi connectivity index (χ1) is 11.2. The summed E-state index contributed by atoms with van der Waals surface area (Å²) in [6.45, 7) is 2.21. The molecular weight excluding hydrogens is 326 g/mol. The standard InChI is InChI=1S/C18H23N3O2.ClH/c1-2-23-18(22)11-13-6-5-9-15(10-13)21-17(19)12-16(20-21)14-7-3-4-8-14;/h5-6,9-10,12,14H,2-4,7-8,11,19H2,1H3;1H. The number of anilines is 1. The van der Waals surface area contributed by atoms with Crippen LogP contribution in [-0.4, -0.2) is 22.4 Å². The molecular formula is C18H24ClN3O2. The molecule has 1 heterocycles. The number of carbonyl (C=O) groups excluding carboxylic acids is 1. The summed E-state index contributed by atoms with van der Waals surface area (Å²) in [7, 11) is 0. The first-order valence-corrected chi connectivity index (χ1v) is 8.27. The van der Waals surface area contributed by atoms with Crippen LogP contribution < -0.4 is 5.73 Å². The molecule has 130 valence electrons. The van der Waals surface area contributed by atoms with Crippen LogP contribution in [-0.2, 0) is 16.0 Å². The van der Waals surface area contributed by atoms with Crippen LogP contribution in [0.5, 0.6) is 0 Å². The average Bonchev–Trinajstić information content (AvgIpc) is 3.17. The third-order valence-corrected chi connectivity index (χ3v) is 4.34. The predicted octanol–water partition coefficient (Wildman–Crippen LogP) is 3.64. The van der Waals surface area contributed by atoms with Crippen molar-refractivity contribution in [3.05, 3.63) is 41.6 Å². The van der Waals surface area contributed by atoms with Crippen molar-refractivity contribution in [2.75, 3.05) is 12.3 Å². The van der Waals surface area contributed by atoms with Gasteiger partial charge in [-0.1, -0.05) is 25.0 Å². The second kappa shape index (κ2) is 8.20. The number of hydrogen-bond donors (Lipinski definition) is 1. The summed E-state index contributed by atoms with van der Waals surface area (Å²) in [5, 5.41) is 4.69. The maximum absolute atomic E-state index is 11.6. The summed E-state index contributed by atoms with van der Waals surface area (Å²) < 4.78 is 6.77. The van der Waals surface area contributed by atoms with Crippen LogP contribution in [0.3, 0.4) is 0 Å². The lowest BCUT2D eigenvalue weighted by atomic mass is 10.1. The molecule has 3 rings (SSSR count). The Labute approximate surface area is 148 Å². The van der Waals surface area contributed by atoms with Crippen LogP contribution in [0, 0.1) is 0 Å². The van der Waals surface area contributed by atoms with Crippen molar-refractivity contribution in [2.24, 2.45) is 0 Å². The summed E-state index contributed by atoms with van der Waals surface area (Å²) in [6.07, 6.45) is 5.19. The Kier molecular flexibility index (Phi) is 6.26. The highest BCUT2D eigenvalue weighted by atomic mass is 35.5. The molecule has 0 atom stereocenters. The molecule has 0 amide bonds. The summed E-state index contributed by atoms with van der Waals surface area (Å²) in [5.41, 5.74) is 9.01. The number of nitrogens with zero attached hydrogens (tertiary/aromatic N) is 2. The Morgan fingerprint density at radius 3 is 2.79 bits per heavy atom. The van der Waals surface area contributed by atoms with Gasteiger partial charge < -0.3 is 10.5 Å². The molecule has 0 radical (unpaired) electrons. The van der Waals surface area contributed by atoms with Crippen molar-refractivity contribution in [2.45, 2.75) is 44.9 Å². The van der Waals surface area contributed by atoms with E-state index in [1.165, 1.54) is 25.7 Å². The van der Waals surface area contributed by atoms with Crippen molar-refractivity contribution in [1.82, 2.24) is 9.78 Å². The zero-order valence-electron chi connectivity index (χ0n) is 13.9. The maximum atomic E-state index is 11.6. The largest absolute Gasteiger partial charge is 0.466 e. The number of benzene rings is 1. The zero-order valence-corrected chi connectivity index (χ0v) is 14.7. The van der Waals surface area contributed by atoms with Gasteiger partial charge in [0, 0.05) is 12.0 Å². The van der Waals surface area contributed by atoms with Crippen LogP contribution in [0.2, 0.25) is 0 Å². The fourth-order valence-corrected chi connectivity index (χ4v) is 3.22. The molecule has 0 bridgehead atoms. The van der Waals surface area contributed by atoms with Gasteiger partial charge in [-0.15, -0.1) is 12.4 Å². The lowest BCUT2D eigenvalue weighted by molar-refractivity contribution is -0.142. The lowest BCUT2D eigenvalue weighted by Crippen LogP contribution is -2.08. The van der Waals surface area contributed by atoms with Gasteiger partial charge in [-0.2, -0.15) is 5.10 Å². The van der Waals surface area contributed by atoms with E-state index in [1.54, 1.807) is 4.68 Å². The molecule has 5 nitrogen and oxygen atoms in total. The van der Waals surface area contributed by atoms with Crippen molar-refractivity contribution < 1.29 is 9.53 Å². The SMILES string of the molecule is CCOC(=O)Cc1cccc(-n2nc(C3CCCC3)cc2N)c1.Cl. The van der Waals surface area contributed by atoms with Crippen molar-refractivity contribution >= 4 is 24.2 Å². The molecule has 24 heavy (non-hydrogen) atoms. The zero-order chi connectivity index (χ0) is 16.2. The topological polar surface area (TPSA) is 70.1 Å². The van der Waals surface area contributed by atoms with Gasteiger partial charge in [0.2, 0.25) is 0 Å². The average molecular weight is 350 g/mol. The van der Waals surface area contributed by atoms with E-state index in [1.807, 2.05) is 37.3 Å². The summed E-state index contributed by atoms with van der Waals surface area (Å²) >= 11 is 0. The number of carbonyl (C=O) groups is 1. The van der Waals surface area contributed by atoms with Gasteiger partial charge in [0.15, 0.2) is 0 Å². The number of hydrogen-bond acceptors (Lipinski definition) is 4. The number of aromatic nitrogens is 2. The molecule has 1 aliphatic rings. The number of nitrogen functional groups attached to an aromatic ring is 1. The van der Waals surface area contributed by atoms with E-state index in [9.17, 15) is 4.79 Å². The van der Waals surface area contributed by atoms with Crippen LogP contribution in [0.15, 0.2) is 30.3 Å². The maximum Gasteiger partial charge on any atom is 0.310 e. The minimum atomic E-state index is -0.218. The van der Waals surface area contributed by atoms with E-state index in [0.29, 0.717) is 18.3 Å².